The SMILES string of the molecule is CC(=O)Nc1ccc(-c2csc(NC(=O)[C@H](C)Oc3cccc(C)c3)n2)cc1. The van der Waals surface area contributed by atoms with E-state index < -0.39 is 6.10 Å². The van der Waals surface area contributed by atoms with E-state index in [1.165, 1.54) is 18.3 Å². The number of ether oxygens (including phenoxy) is 1. The number of thiazole rings is 1. The maximum absolute atomic E-state index is 12.4. The highest BCUT2D eigenvalue weighted by molar-refractivity contribution is 7.14. The van der Waals surface area contributed by atoms with E-state index in [2.05, 4.69) is 15.6 Å². The van der Waals surface area contributed by atoms with Gasteiger partial charge in [-0.2, -0.15) is 0 Å². The van der Waals surface area contributed by atoms with Crippen molar-refractivity contribution in [2.75, 3.05) is 10.6 Å². The summed E-state index contributed by atoms with van der Waals surface area (Å²) < 4.78 is 5.70. The van der Waals surface area contributed by atoms with Gasteiger partial charge in [-0.3, -0.25) is 14.9 Å². The molecule has 0 saturated carbocycles. The van der Waals surface area contributed by atoms with Gasteiger partial charge in [-0.1, -0.05) is 24.3 Å². The van der Waals surface area contributed by atoms with Crippen LogP contribution in [0.4, 0.5) is 10.8 Å². The van der Waals surface area contributed by atoms with Gasteiger partial charge in [0.2, 0.25) is 5.91 Å². The van der Waals surface area contributed by atoms with Crippen molar-refractivity contribution < 1.29 is 14.3 Å². The molecule has 2 N–H and O–H groups in total. The quantitative estimate of drug-likeness (QED) is 0.645. The van der Waals surface area contributed by atoms with Crippen LogP contribution in [-0.2, 0) is 9.59 Å². The van der Waals surface area contributed by atoms with Crippen molar-refractivity contribution >= 4 is 34.0 Å². The van der Waals surface area contributed by atoms with Crippen molar-refractivity contribution in [3.05, 3.63) is 59.5 Å². The molecule has 3 rings (SSSR count). The van der Waals surface area contributed by atoms with E-state index in [-0.39, 0.29) is 11.8 Å². The Morgan fingerprint density at radius 2 is 1.86 bits per heavy atom. The van der Waals surface area contributed by atoms with Crippen LogP contribution in [0.3, 0.4) is 0 Å². The number of carbonyl (C=O) groups is 2. The number of aromatic nitrogens is 1. The van der Waals surface area contributed by atoms with Crippen LogP contribution in [0, 0.1) is 6.92 Å². The minimum atomic E-state index is -0.647. The van der Waals surface area contributed by atoms with Gasteiger partial charge in [0, 0.05) is 23.6 Å². The Kier molecular flexibility index (Phi) is 6.06. The van der Waals surface area contributed by atoms with Gasteiger partial charge >= 0.3 is 0 Å². The van der Waals surface area contributed by atoms with Crippen LogP contribution in [-0.4, -0.2) is 22.9 Å². The highest BCUT2D eigenvalue weighted by Gasteiger charge is 2.17. The van der Waals surface area contributed by atoms with Gasteiger partial charge in [0.1, 0.15) is 5.75 Å². The first-order chi connectivity index (χ1) is 13.4. The fraction of sp³-hybridized carbons (Fsp3) is 0.190. The number of aryl methyl sites for hydroxylation is 1. The summed E-state index contributed by atoms with van der Waals surface area (Å²) in [6.45, 7) is 5.14. The van der Waals surface area contributed by atoms with E-state index >= 15 is 0 Å². The molecule has 1 aromatic heterocycles. The molecule has 0 aliphatic rings. The third-order valence-electron chi connectivity index (χ3n) is 3.91. The fourth-order valence-electron chi connectivity index (χ4n) is 2.54. The number of hydrogen-bond acceptors (Lipinski definition) is 5. The molecule has 3 aromatic rings. The number of nitrogens with one attached hydrogen (secondary N) is 2. The number of hydrogen-bond donors (Lipinski definition) is 2. The summed E-state index contributed by atoms with van der Waals surface area (Å²) in [4.78, 5) is 27.9. The molecular weight excluding hydrogens is 374 g/mol. The normalized spacial score (nSPS) is 11.5. The Labute approximate surface area is 167 Å². The summed E-state index contributed by atoms with van der Waals surface area (Å²) >= 11 is 1.35. The number of benzene rings is 2. The Balaban J connectivity index is 1.62. The fourth-order valence-corrected chi connectivity index (χ4v) is 3.27. The van der Waals surface area contributed by atoms with Crippen LogP contribution in [0.5, 0.6) is 5.75 Å². The van der Waals surface area contributed by atoms with Crippen molar-refractivity contribution in [3.63, 3.8) is 0 Å². The van der Waals surface area contributed by atoms with Gasteiger partial charge in [0.15, 0.2) is 11.2 Å². The molecule has 7 heteroatoms. The molecule has 0 bridgehead atoms. The van der Waals surface area contributed by atoms with E-state index in [1.54, 1.807) is 6.92 Å². The van der Waals surface area contributed by atoms with Gasteiger partial charge in [-0.25, -0.2) is 4.98 Å². The second-order valence-electron chi connectivity index (χ2n) is 6.36. The maximum atomic E-state index is 12.4. The zero-order valence-corrected chi connectivity index (χ0v) is 16.7. The minimum absolute atomic E-state index is 0.117. The average molecular weight is 395 g/mol. The number of rotatable bonds is 6. The van der Waals surface area contributed by atoms with Gasteiger partial charge in [-0.15, -0.1) is 11.3 Å². The second-order valence-corrected chi connectivity index (χ2v) is 7.22. The molecule has 0 saturated heterocycles. The van der Waals surface area contributed by atoms with Gasteiger partial charge < -0.3 is 10.1 Å². The molecule has 0 unspecified atom stereocenters. The highest BCUT2D eigenvalue weighted by atomic mass is 32.1. The third kappa shape index (κ3) is 5.17. The molecule has 2 amide bonds. The van der Waals surface area contributed by atoms with Crippen molar-refractivity contribution in [2.45, 2.75) is 26.9 Å². The number of amides is 2. The Hall–Kier alpha value is -3.19. The molecule has 6 nitrogen and oxygen atoms in total. The van der Waals surface area contributed by atoms with Crippen molar-refractivity contribution in [1.82, 2.24) is 4.98 Å². The maximum Gasteiger partial charge on any atom is 0.266 e. The third-order valence-corrected chi connectivity index (χ3v) is 4.66. The summed E-state index contributed by atoms with van der Waals surface area (Å²) in [7, 11) is 0. The Morgan fingerprint density at radius 1 is 1.11 bits per heavy atom. The Morgan fingerprint density at radius 3 is 2.54 bits per heavy atom. The van der Waals surface area contributed by atoms with E-state index in [1.807, 2.05) is 60.8 Å². The zero-order valence-electron chi connectivity index (χ0n) is 15.9. The standard InChI is InChI=1S/C21H21N3O3S/c1-13-5-4-6-18(11-13)27-14(2)20(26)24-21-23-19(12-28-21)16-7-9-17(10-8-16)22-15(3)25/h4-12,14H,1-3H3,(H,22,25)(H,23,24,26)/t14-/m0/s1. The molecule has 1 heterocycles. The molecule has 1 atom stereocenters. The summed E-state index contributed by atoms with van der Waals surface area (Å²) in [5, 5.41) is 7.89. The molecule has 0 spiro atoms. The van der Waals surface area contributed by atoms with E-state index in [0.29, 0.717) is 10.9 Å². The summed E-state index contributed by atoms with van der Waals surface area (Å²) in [5.74, 6) is 0.276. The van der Waals surface area contributed by atoms with Gasteiger partial charge in [-0.05, 0) is 43.7 Å². The smallest absolute Gasteiger partial charge is 0.266 e. The van der Waals surface area contributed by atoms with Gasteiger partial charge in [0.25, 0.3) is 5.91 Å². The van der Waals surface area contributed by atoms with Crippen LogP contribution in [0.15, 0.2) is 53.9 Å². The first-order valence-corrected chi connectivity index (χ1v) is 9.66. The molecule has 0 radical (unpaired) electrons. The lowest BCUT2D eigenvalue weighted by atomic mass is 10.1. The zero-order chi connectivity index (χ0) is 20.1. The van der Waals surface area contributed by atoms with E-state index in [0.717, 1.165) is 22.5 Å². The first kappa shape index (κ1) is 19.6. The molecule has 28 heavy (non-hydrogen) atoms. The van der Waals surface area contributed by atoms with Crippen LogP contribution < -0.4 is 15.4 Å². The molecule has 0 aliphatic heterocycles. The minimum Gasteiger partial charge on any atom is -0.481 e. The predicted octanol–water partition coefficient (Wildman–Crippen LogP) is 4.48. The predicted molar refractivity (Wildman–Crippen MR) is 112 cm³/mol. The first-order valence-electron chi connectivity index (χ1n) is 8.78. The molecule has 2 aromatic carbocycles. The van der Waals surface area contributed by atoms with Crippen LogP contribution >= 0.6 is 11.3 Å². The summed E-state index contributed by atoms with van der Waals surface area (Å²) in [6.07, 6.45) is -0.647. The van der Waals surface area contributed by atoms with Crippen molar-refractivity contribution in [3.8, 4) is 17.0 Å². The number of carbonyl (C=O) groups excluding carboxylic acids is 2. The van der Waals surface area contributed by atoms with Crippen molar-refractivity contribution in [2.24, 2.45) is 0 Å². The van der Waals surface area contributed by atoms with E-state index in [9.17, 15) is 9.59 Å². The van der Waals surface area contributed by atoms with Gasteiger partial charge in [0.05, 0.1) is 5.69 Å². The second kappa shape index (κ2) is 8.67. The summed E-state index contributed by atoms with van der Waals surface area (Å²) in [6, 6.07) is 14.9. The van der Waals surface area contributed by atoms with Crippen LogP contribution in [0.25, 0.3) is 11.3 Å². The lowest BCUT2D eigenvalue weighted by Gasteiger charge is -2.14. The lowest BCUT2D eigenvalue weighted by Crippen LogP contribution is -2.30. The number of anilines is 2. The molecule has 144 valence electrons. The highest BCUT2D eigenvalue weighted by Crippen LogP contribution is 2.26. The number of nitrogens with zero attached hydrogens (tertiary/aromatic N) is 1. The molecule has 0 fully saturated rings. The van der Waals surface area contributed by atoms with E-state index in [4.69, 9.17) is 4.74 Å². The lowest BCUT2D eigenvalue weighted by molar-refractivity contribution is -0.122. The Bertz CT molecular complexity index is 983. The topological polar surface area (TPSA) is 80.3 Å². The summed E-state index contributed by atoms with van der Waals surface area (Å²) in [5.41, 5.74) is 3.44. The average Bonchev–Trinajstić information content (AvgIpc) is 3.10. The molecule has 0 aliphatic carbocycles. The molecular formula is C21H21N3O3S. The largest absolute Gasteiger partial charge is 0.481 e. The monoisotopic (exact) mass is 395 g/mol. The van der Waals surface area contributed by atoms with Crippen LogP contribution in [0.1, 0.15) is 19.4 Å². The van der Waals surface area contributed by atoms with Crippen LogP contribution in [0.2, 0.25) is 0 Å². The van der Waals surface area contributed by atoms with Crippen molar-refractivity contribution in [1.29, 1.82) is 0 Å².